The van der Waals surface area contributed by atoms with E-state index in [0.29, 0.717) is 18.8 Å². The van der Waals surface area contributed by atoms with Gasteiger partial charge >= 0.3 is 5.97 Å². The number of fused-ring (bicyclic) bond motifs is 14. The zero-order chi connectivity index (χ0) is 94.9. The fraction of sp³-hybridized carbons (Fsp3) is 0.409. The molecule has 3 saturated heterocycles. The van der Waals surface area contributed by atoms with Gasteiger partial charge in [-0.05, 0) is 125 Å². The predicted octanol–water partition coefficient (Wildman–Crippen LogP) is 1.20. The number of carbonyl (C=O) groups is 10. The van der Waals surface area contributed by atoms with Crippen LogP contribution in [0.3, 0.4) is 0 Å². The van der Waals surface area contributed by atoms with Crippen molar-refractivity contribution in [3.63, 3.8) is 0 Å². The number of phenols is 4. The molecule has 3 fully saturated rings. The summed E-state index contributed by atoms with van der Waals surface area (Å²) in [6.45, 7) is 1.93. The lowest BCUT2D eigenvalue weighted by Gasteiger charge is -2.44. The molecule has 0 spiro atoms. The molecule has 8 amide bonds. The fourth-order valence-corrected chi connectivity index (χ4v) is 16.8. The normalized spacial score (nSPS) is 28.3. The molecule has 9 aliphatic heterocycles. The van der Waals surface area contributed by atoms with Crippen LogP contribution in [0.4, 0.5) is 0 Å². The molecule has 17 bridgehead atoms. The van der Waals surface area contributed by atoms with Crippen LogP contribution in [-0.2, 0) is 68.5 Å². The predicted molar refractivity (Wildman–Crippen MR) is 451 cm³/mol. The van der Waals surface area contributed by atoms with Crippen LogP contribution in [0.25, 0.3) is 11.1 Å². The molecular weight excluding hydrogens is 1780 g/mol. The highest BCUT2D eigenvalue weighted by Gasteiger charge is 2.52. The Kier molecular flexibility index (Phi) is 29.3. The number of unbranched alkanes of at least 4 members (excludes halogenated alkanes) is 3. The van der Waals surface area contributed by atoms with Crippen molar-refractivity contribution >= 4 is 82.2 Å². The summed E-state index contributed by atoms with van der Waals surface area (Å²) in [5.41, 5.74) is -4.41. The zero-order valence-corrected chi connectivity index (χ0v) is 71.6. The molecule has 9 aliphatic rings. The van der Waals surface area contributed by atoms with Crippen molar-refractivity contribution < 1.29 is 167 Å². The van der Waals surface area contributed by atoms with Crippen LogP contribution in [0, 0.1) is 5.92 Å². The number of carboxylic acid groups (broad SMARTS) is 1. The number of hydrogen-bond donors (Lipinski definition) is 23. The lowest BCUT2D eigenvalue weighted by molar-refractivity contribution is -0.284. The summed E-state index contributed by atoms with van der Waals surface area (Å²) < 4.78 is 57.3. The van der Waals surface area contributed by atoms with E-state index in [1.807, 2.05) is 0 Å². The number of ether oxygens (including phenoxy) is 9. The van der Waals surface area contributed by atoms with E-state index in [2.05, 4.69) is 56.4 Å². The third-order valence-corrected chi connectivity index (χ3v) is 23.8. The molecule has 42 nitrogen and oxygen atoms in total. The number of benzene rings is 7. The summed E-state index contributed by atoms with van der Waals surface area (Å²) in [4.78, 5) is 152. The maximum Gasteiger partial charge on any atom is 0.330 e. The molecule has 9 heterocycles. The maximum atomic E-state index is 17.0. The molecule has 0 aromatic heterocycles. The van der Waals surface area contributed by atoms with Gasteiger partial charge in [-0.3, -0.25) is 43.2 Å². The molecule has 7 aromatic rings. The first kappa shape index (κ1) is 95.7. The molecular formula is C88H94Cl2N8O34. The monoisotopic (exact) mass is 1880 g/mol. The van der Waals surface area contributed by atoms with Crippen LogP contribution in [0.2, 0.25) is 10.0 Å². The highest BCUT2D eigenvalue weighted by atomic mass is 35.5. The average Bonchev–Trinajstić information content (AvgIpc) is 0.748. The quantitative estimate of drug-likeness (QED) is 0.0399. The number of nitrogens with one attached hydrogen (secondary N) is 8. The average molecular weight is 1880 g/mol. The SMILES string of the molecule is CC(=O)N[C@H]1[C@H](O[C@@H]2c3ccc(c(Cl)c3)Oc3cc4cc(c3O[C@@H]3O[C@H](CO)[C@@H](O)[C@H](O)[C@H]3NC(=O)CCCCCCC(C)C)Oc3ccc(cc3Cl)C[C@H]3NC(=O)C(=O)c5ccc(O)c(c5)Oc5cc(O)cc(c5)[C@H](NC3=O)C(=O)N[C@H]4C(=O)N[C@H]3C(=O)N[C@@H]2C(=O)N[C@@H](C(=O)O)c2cc(O)cc(O[C@H]4O[C@H](CO)[C@@H](O)[C@H](O)[C@@H]4O)c2-c2cc3ccc2O)O[C@H](CO)[C@@H](O)[C@@H]1O. The minimum Gasteiger partial charge on any atom is -0.508 e. The highest BCUT2D eigenvalue weighted by molar-refractivity contribution is 6.43. The summed E-state index contributed by atoms with van der Waals surface area (Å²) >= 11 is 14.7. The number of carboxylic acids is 1. The first-order chi connectivity index (χ1) is 62.9. The number of amides is 8. The lowest BCUT2D eigenvalue weighted by atomic mass is 9.89. The van der Waals surface area contributed by atoms with Gasteiger partial charge in [0, 0.05) is 54.2 Å². The third kappa shape index (κ3) is 20.6. The summed E-state index contributed by atoms with van der Waals surface area (Å²) in [6, 6.07) is 1.01. The Morgan fingerprint density at radius 1 is 0.500 bits per heavy atom. The Morgan fingerprint density at radius 2 is 1.07 bits per heavy atom. The second-order valence-corrected chi connectivity index (χ2v) is 33.8. The Morgan fingerprint density at radius 3 is 1.70 bits per heavy atom. The molecule has 44 heteroatoms. The second-order valence-electron chi connectivity index (χ2n) is 33.0. The van der Waals surface area contributed by atoms with Gasteiger partial charge in [0.05, 0.1) is 29.9 Å². The molecule has 704 valence electrons. The summed E-state index contributed by atoms with van der Waals surface area (Å²) in [5.74, 6) is -21.6. The van der Waals surface area contributed by atoms with Gasteiger partial charge in [-0.2, -0.15) is 0 Å². The van der Waals surface area contributed by atoms with Gasteiger partial charge < -0.3 is 162 Å². The van der Waals surface area contributed by atoms with Crippen LogP contribution < -0.4 is 66.2 Å². The number of halogens is 2. The fourth-order valence-electron chi connectivity index (χ4n) is 16.3. The number of Topliss-reactive ketones (excluding diaryl/α,β-unsaturated/α-hetero) is 1. The molecule has 132 heavy (non-hydrogen) atoms. The van der Waals surface area contributed by atoms with E-state index in [4.69, 9.17) is 65.8 Å². The molecule has 0 aliphatic carbocycles. The van der Waals surface area contributed by atoms with E-state index in [-0.39, 0.29) is 28.3 Å². The van der Waals surface area contributed by atoms with Gasteiger partial charge in [0.2, 0.25) is 65.5 Å². The van der Waals surface area contributed by atoms with E-state index < -0.39 is 327 Å². The number of hydrogen-bond acceptors (Lipinski definition) is 33. The van der Waals surface area contributed by atoms with Gasteiger partial charge in [-0.1, -0.05) is 80.9 Å². The van der Waals surface area contributed by atoms with Crippen molar-refractivity contribution in [2.45, 2.75) is 200 Å². The molecule has 0 radical (unpaired) electrons. The second kappa shape index (κ2) is 40.4. The molecule has 23 N–H and O–H groups in total. The van der Waals surface area contributed by atoms with Crippen molar-refractivity contribution in [3.05, 3.63) is 164 Å². The Hall–Kier alpha value is -12.3. The topological polar surface area (TPSA) is 653 Å². The van der Waals surface area contributed by atoms with Crippen molar-refractivity contribution in [1.29, 1.82) is 0 Å². The Labute approximate surface area is 758 Å². The van der Waals surface area contributed by atoms with Crippen LogP contribution in [0.1, 0.15) is 133 Å². The number of rotatable bonds is 19. The summed E-state index contributed by atoms with van der Waals surface area (Å²) in [7, 11) is 0. The Bertz CT molecular complexity index is 5610. The van der Waals surface area contributed by atoms with E-state index in [1.54, 1.807) is 0 Å². The van der Waals surface area contributed by atoms with Crippen molar-refractivity contribution in [2.75, 3.05) is 19.8 Å². The molecule has 16 rings (SSSR count). The summed E-state index contributed by atoms with van der Waals surface area (Å²) in [5, 5.41) is 190. The maximum absolute atomic E-state index is 17.0. The van der Waals surface area contributed by atoms with Crippen LogP contribution >= 0.6 is 23.2 Å². The number of aliphatic hydroxyl groups is 10. The smallest absolute Gasteiger partial charge is 0.330 e. The standard InChI is InChI=1S/C88H94Cl2N8O34/c1-33(2)8-6-4-5-7-9-60(107)93-67-74(113)71(110)58(31-100)129-87(67)132-78-55-25-40-26-56(78)126-52-17-13-38(23-47(52)90)77(131-86-66(91-34(3)102)73(112)70(109)57(30-99)128-86)68-83(120)97-65(85(122)123)45-28-42(104)29-54(127-88-76(115)75(114)72(111)59(32-101)130-88)61(45)44-22-36(11-14-49(44)105)62(80(117)98-68)95-82(119)64(40)96-81(118)63-39-20-41(103)27-43(21-39)124-53-24-37(12-15-50(53)106)69(108)84(121)92-48(79(116)94-63)19-35-10-16-51(125-55)46(89)18-35/h10-18,20-29,33,48,57-59,62-68,70-77,86-88,99-101,103-106,109-115H,4-9,19,30-32H2,1-3H3,(H,91,102)(H,92,121)(H,93,107)(H,94,116)(H,95,119)(H,96,118)(H,97,120)(H,98,117)(H,122,123)/t48-,57-,58-,59-,62-,63+,64-,65-,66-,67-,68+,70-,71-,72-,73-,74-,75+,76+,77-,86+,87+,88+/m1/s1. The van der Waals surface area contributed by atoms with Crippen molar-refractivity contribution in [1.82, 2.24) is 42.5 Å². The van der Waals surface area contributed by atoms with Gasteiger partial charge in [0.1, 0.15) is 150 Å². The van der Waals surface area contributed by atoms with Crippen molar-refractivity contribution in [3.8, 4) is 80.1 Å². The van der Waals surface area contributed by atoms with E-state index in [0.717, 1.165) is 123 Å². The number of phenolic OH excluding ortho intramolecular Hbond substituents is 4. The zero-order valence-electron chi connectivity index (χ0n) is 70.0. The number of ketones is 1. The summed E-state index contributed by atoms with van der Waals surface area (Å²) in [6.07, 6.45) is -26.2. The number of aliphatic hydroxyl groups excluding tert-OH is 10. The lowest BCUT2D eigenvalue weighted by Crippen LogP contribution is -2.65. The first-order valence-electron chi connectivity index (χ1n) is 41.7. The Balaban J connectivity index is 1.04. The van der Waals surface area contributed by atoms with Gasteiger partial charge in [0.15, 0.2) is 35.3 Å². The van der Waals surface area contributed by atoms with E-state index in [1.165, 1.54) is 18.2 Å². The highest BCUT2D eigenvalue weighted by Crippen LogP contribution is 2.51. The van der Waals surface area contributed by atoms with Gasteiger partial charge in [-0.15, -0.1) is 0 Å². The van der Waals surface area contributed by atoms with Gasteiger partial charge in [-0.25, -0.2) is 4.79 Å². The molecule has 22 atom stereocenters. The molecule has 0 unspecified atom stereocenters. The molecule has 7 aromatic carbocycles. The number of carbonyl (C=O) groups excluding carboxylic acids is 9. The van der Waals surface area contributed by atoms with E-state index >= 15 is 24.0 Å². The van der Waals surface area contributed by atoms with Crippen LogP contribution in [0.15, 0.2) is 115 Å². The first-order valence-corrected chi connectivity index (χ1v) is 42.5. The molecule has 0 saturated carbocycles. The van der Waals surface area contributed by atoms with Crippen molar-refractivity contribution in [2.24, 2.45) is 5.92 Å². The van der Waals surface area contributed by atoms with E-state index in [9.17, 15) is 101 Å². The minimum atomic E-state index is -2.60. The van der Waals surface area contributed by atoms with Crippen LogP contribution in [-0.4, -0.2) is 260 Å². The largest absolute Gasteiger partial charge is 0.508 e. The number of aromatic hydroxyl groups is 4. The minimum absolute atomic E-state index is 0.0921. The van der Waals surface area contributed by atoms with Crippen LogP contribution in [0.5, 0.6) is 69.0 Å². The third-order valence-electron chi connectivity index (χ3n) is 23.2. The van der Waals surface area contributed by atoms with Gasteiger partial charge in [0.25, 0.3) is 5.91 Å². The number of aliphatic carboxylic acids is 1.